The zero-order valence-corrected chi connectivity index (χ0v) is 19.6. The van der Waals surface area contributed by atoms with Crippen molar-refractivity contribution in [1.82, 2.24) is 13.7 Å². The number of fused-ring (bicyclic) bond motifs is 1. The number of pyridine rings is 1. The monoisotopic (exact) mass is 476 g/mol. The molecule has 1 aliphatic heterocycles. The van der Waals surface area contributed by atoms with E-state index in [4.69, 9.17) is 26.1 Å². The number of hydrogen-bond acceptors (Lipinski definition) is 6. The van der Waals surface area contributed by atoms with E-state index in [0.29, 0.717) is 42.7 Å². The van der Waals surface area contributed by atoms with Gasteiger partial charge in [-0.3, -0.25) is 0 Å². The second kappa shape index (κ2) is 8.13. The first-order valence-electron chi connectivity index (χ1n) is 10.6. The van der Waals surface area contributed by atoms with Crippen LogP contribution in [0.25, 0.3) is 16.9 Å². The fourth-order valence-corrected chi connectivity index (χ4v) is 6.20. The molecule has 0 unspecified atom stereocenters. The van der Waals surface area contributed by atoms with Crippen molar-refractivity contribution in [3.8, 4) is 22.8 Å². The maximum atomic E-state index is 12.5. The molecule has 1 aliphatic carbocycles. The molecule has 1 saturated carbocycles. The quantitative estimate of drug-likeness (QED) is 0.543. The molecule has 1 aromatic carbocycles. The summed E-state index contributed by atoms with van der Waals surface area (Å²) in [6.07, 6.45) is 5.49. The van der Waals surface area contributed by atoms with Crippen molar-refractivity contribution >= 4 is 33.0 Å². The minimum Gasteiger partial charge on any atom is -0.496 e. The number of benzene rings is 1. The number of hydrogen-bond donors (Lipinski definition) is 0. The largest absolute Gasteiger partial charge is 0.496 e. The average Bonchev–Trinajstić information content (AvgIpc) is 3.59. The van der Waals surface area contributed by atoms with E-state index in [0.717, 1.165) is 35.4 Å². The van der Waals surface area contributed by atoms with Crippen LogP contribution in [0.4, 0.5) is 5.69 Å². The molecule has 170 valence electrons. The predicted octanol–water partition coefficient (Wildman–Crippen LogP) is 3.29. The molecule has 0 spiro atoms. The highest BCUT2D eigenvalue weighted by atomic mass is 35.5. The van der Waals surface area contributed by atoms with Crippen molar-refractivity contribution < 1.29 is 17.9 Å². The minimum atomic E-state index is -3.11. The molecular formula is C22H25ClN4O4S. The summed E-state index contributed by atoms with van der Waals surface area (Å²) >= 11 is 6.33. The molecular weight excluding hydrogens is 452 g/mol. The predicted molar refractivity (Wildman–Crippen MR) is 124 cm³/mol. The summed E-state index contributed by atoms with van der Waals surface area (Å²) in [4.78, 5) is 6.99. The van der Waals surface area contributed by atoms with Crippen LogP contribution in [0.2, 0.25) is 5.02 Å². The Bertz CT molecular complexity index is 1260. The Kier molecular flexibility index (Phi) is 5.43. The summed E-state index contributed by atoms with van der Waals surface area (Å²) in [5, 5.41) is 0.331. The van der Waals surface area contributed by atoms with Gasteiger partial charge in [-0.2, -0.15) is 4.31 Å². The van der Waals surface area contributed by atoms with E-state index in [2.05, 4.69) is 4.90 Å². The Hall–Kier alpha value is -2.49. The summed E-state index contributed by atoms with van der Waals surface area (Å²) in [6, 6.07) is 7.59. The van der Waals surface area contributed by atoms with Gasteiger partial charge in [-0.25, -0.2) is 13.4 Å². The van der Waals surface area contributed by atoms with E-state index < -0.39 is 10.0 Å². The molecule has 32 heavy (non-hydrogen) atoms. The van der Waals surface area contributed by atoms with Gasteiger partial charge in [0.2, 0.25) is 10.0 Å². The fraction of sp³-hybridized carbons (Fsp3) is 0.409. The number of halogens is 1. The van der Waals surface area contributed by atoms with E-state index in [1.165, 1.54) is 0 Å². The summed E-state index contributed by atoms with van der Waals surface area (Å²) in [7, 11) is 0.0507. The molecule has 1 saturated heterocycles. The van der Waals surface area contributed by atoms with Crippen LogP contribution in [0.1, 0.15) is 12.8 Å². The van der Waals surface area contributed by atoms with Crippen molar-refractivity contribution in [1.29, 1.82) is 0 Å². The van der Waals surface area contributed by atoms with E-state index in [9.17, 15) is 8.42 Å². The van der Waals surface area contributed by atoms with Gasteiger partial charge in [-0.05, 0) is 25.0 Å². The molecule has 2 fully saturated rings. The van der Waals surface area contributed by atoms with Gasteiger partial charge in [0.05, 0.1) is 30.2 Å². The van der Waals surface area contributed by atoms with Gasteiger partial charge in [-0.15, -0.1) is 0 Å². The van der Waals surface area contributed by atoms with Crippen LogP contribution < -0.4 is 14.4 Å². The van der Waals surface area contributed by atoms with Crippen LogP contribution >= 0.6 is 11.6 Å². The van der Waals surface area contributed by atoms with Gasteiger partial charge in [0.25, 0.3) is 0 Å². The Morgan fingerprint density at radius 1 is 1.03 bits per heavy atom. The molecule has 2 aliphatic rings. The van der Waals surface area contributed by atoms with Gasteiger partial charge in [-0.1, -0.05) is 11.6 Å². The number of piperazine rings is 1. The van der Waals surface area contributed by atoms with Crippen molar-refractivity contribution in [2.24, 2.45) is 0 Å². The van der Waals surface area contributed by atoms with E-state index in [1.807, 2.05) is 28.9 Å². The van der Waals surface area contributed by atoms with E-state index >= 15 is 0 Å². The Morgan fingerprint density at radius 2 is 1.75 bits per heavy atom. The van der Waals surface area contributed by atoms with Crippen LogP contribution in [0.5, 0.6) is 11.5 Å². The second-order valence-electron chi connectivity index (χ2n) is 8.09. The lowest BCUT2D eigenvalue weighted by atomic mass is 10.1. The molecule has 0 atom stereocenters. The van der Waals surface area contributed by atoms with Gasteiger partial charge in [0.1, 0.15) is 17.1 Å². The number of rotatable bonds is 6. The summed E-state index contributed by atoms with van der Waals surface area (Å²) in [6.45, 7) is 2.37. The van der Waals surface area contributed by atoms with Crippen LogP contribution in [-0.2, 0) is 10.0 Å². The normalized spacial score (nSPS) is 17.7. The number of sulfonamides is 1. The molecule has 0 bridgehead atoms. The van der Waals surface area contributed by atoms with Gasteiger partial charge in [0, 0.05) is 62.0 Å². The topological polar surface area (TPSA) is 76.4 Å². The third kappa shape index (κ3) is 3.78. The maximum absolute atomic E-state index is 12.5. The van der Waals surface area contributed by atoms with E-state index in [-0.39, 0.29) is 5.25 Å². The lowest BCUT2D eigenvalue weighted by Gasteiger charge is -2.35. The number of imidazole rings is 1. The highest BCUT2D eigenvalue weighted by Gasteiger charge is 2.41. The Balaban J connectivity index is 1.39. The van der Waals surface area contributed by atoms with Crippen molar-refractivity contribution in [2.45, 2.75) is 18.1 Å². The number of methoxy groups -OCH3 is 2. The molecule has 2 aromatic heterocycles. The van der Waals surface area contributed by atoms with E-state index in [1.54, 1.807) is 30.7 Å². The summed E-state index contributed by atoms with van der Waals surface area (Å²) in [5.41, 5.74) is 3.34. The highest BCUT2D eigenvalue weighted by molar-refractivity contribution is 7.90. The summed E-state index contributed by atoms with van der Waals surface area (Å²) < 4.78 is 39.4. The first kappa shape index (κ1) is 21.4. The Labute approximate surface area is 192 Å². The van der Waals surface area contributed by atoms with Crippen molar-refractivity contribution in [2.75, 3.05) is 45.3 Å². The molecule has 0 amide bonds. The fourth-order valence-electron chi connectivity index (χ4n) is 4.14. The second-order valence-corrected chi connectivity index (χ2v) is 10.7. The molecule has 0 N–H and O–H groups in total. The first-order valence-corrected chi connectivity index (χ1v) is 12.4. The molecule has 3 heterocycles. The summed E-state index contributed by atoms with van der Waals surface area (Å²) in [5.74, 6) is 1.17. The van der Waals surface area contributed by atoms with Gasteiger partial charge in [0.15, 0.2) is 0 Å². The third-order valence-corrected chi connectivity index (χ3v) is 8.80. The molecule has 0 radical (unpaired) electrons. The number of anilines is 1. The standard InChI is InChI=1S/C22H25ClN4O4S/c1-30-20-13-21(31-2)18(23)12-17(20)19-14-26-6-5-15(11-22(26)24-19)25-7-9-27(10-8-25)32(28,29)16-3-4-16/h5-6,11-14,16H,3-4,7-10H2,1-2H3. The SMILES string of the molecule is COc1cc(OC)c(-c2cn3ccc(N4CCN(S(=O)(=O)C5CC5)CC4)cc3n2)cc1Cl. The molecule has 8 nitrogen and oxygen atoms in total. The zero-order valence-electron chi connectivity index (χ0n) is 18.0. The van der Waals surface area contributed by atoms with Crippen molar-refractivity contribution in [3.05, 3.63) is 41.7 Å². The average molecular weight is 477 g/mol. The number of ether oxygens (including phenoxy) is 2. The third-order valence-electron chi connectivity index (χ3n) is 6.10. The van der Waals surface area contributed by atoms with Crippen LogP contribution in [-0.4, -0.2) is 67.8 Å². The highest BCUT2D eigenvalue weighted by Crippen LogP contribution is 2.38. The number of aromatic nitrogens is 2. The smallest absolute Gasteiger partial charge is 0.217 e. The molecule has 5 rings (SSSR count). The van der Waals surface area contributed by atoms with Crippen molar-refractivity contribution in [3.63, 3.8) is 0 Å². The van der Waals surface area contributed by atoms with Crippen LogP contribution in [0.3, 0.4) is 0 Å². The van der Waals surface area contributed by atoms with Gasteiger partial charge < -0.3 is 18.8 Å². The number of nitrogens with zero attached hydrogens (tertiary/aromatic N) is 4. The maximum Gasteiger partial charge on any atom is 0.217 e. The molecule has 10 heteroatoms. The van der Waals surface area contributed by atoms with Gasteiger partial charge >= 0.3 is 0 Å². The Morgan fingerprint density at radius 3 is 2.41 bits per heavy atom. The zero-order chi connectivity index (χ0) is 22.5. The van der Waals surface area contributed by atoms with Crippen LogP contribution in [0, 0.1) is 0 Å². The molecule has 3 aromatic rings. The lowest BCUT2D eigenvalue weighted by Crippen LogP contribution is -2.49. The minimum absolute atomic E-state index is 0.155. The first-order chi connectivity index (χ1) is 15.4. The lowest BCUT2D eigenvalue weighted by molar-refractivity contribution is 0.384. The van der Waals surface area contributed by atoms with Crippen LogP contribution in [0.15, 0.2) is 36.7 Å².